The topological polar surface area (TPSA) is 122 Å². The minimum absolute atomic E-state index is 0.0161. The third-order valence-corrected chi connectivity index (χ3v) is 9.46. The second kappa shape index (κ2) is 16.9. The number of hydrogen-bond acceptors (Lipinski definition) is 6. The lowest BCUT2D eigenvalue weighted by Gasteiger charge is -2.50. The minimum atomic E-state index is -5.42. The molecule has 4 rings (SSSR count). The molecule has 50 heavy (non-hydrogen) atoms. The van der Waals surface area contributed by atoms with Gasteiger partial charge in [-0.25, -0.2) is 8.78 Å². The molecule has 3 amide bonds. The number of carboxylic acid groups (broad SMARTS) is 1. The third kappa shape index (κ3) is 9.29. The molecule has 274 valence electrons. The first-order valence-electron chi connectivity index (χ1n) is 16.5. The fourth-order valence-electron chi connectivity index (χ4n) is 6.87. The molecule has 10 nitrogen and oxygen atoms in total. The number of alkyl halides is 4. The number of rotatable bonds is 14. The maximum Gasteiger partial charge on any atom is 0.471 e. The maximum absolute atomic E-state index is 15.0. The van der Waals surface area contributed by atoms with Crippen LogP contribution in [0.25, 0.3) is 0 Å². The van der Waals surface area contributed by atoms with E-state index in [1.54, 1.807) is 24.3 Å². The molecule has 0 bridgehead atoms. The highest BCUT2D eigenvalue weighted by atomic mass is 35.5. The van der Waals surface area contributed by atoms with E-state index in [0.29, 0.717) is 17.9 Å². The predicted molar refractivity (Wildman–Crippen MR) is 174 cm³/mol. The number of aliphatic carboxylic acids is 1. The number of carboxylic acids is 1. The van der Waals surface area contributed by atoms with Crippen molar-refractivity contribution in [3.05, 3.63) is 70.5 Å². The number of nitrogens with one attached hydrogen (secondary N) is 2. The van der Waals surface area contributed by atoms with Gasteiger partial charge in [-0.2, -0.15) is 13.2 Å². The second-order valence-corrected chi connectivity index (χ2v) is 13.0. The van der Waals surface area contributed by atoms with E-state index in [9.17, 15) is 46.2 Å². The van der Waals surface area contributed by atoms with Crippen LogP contribution in [0, 0.1) is 5.82 Å². The Morgan fingerprint density at radius 1 is 1.00 bits per heavy atom. The number of benzene rings is 2. The maximum atomic E-state index is 15.0. The lowest BCUT2D eigenvalue weighted by molar-refractivity contribution is -0.183. The fourth-order valence-corrected chi connectivity index (χ4v) is 7.00. The summed E-state index contributed by atoms with van der Waals surface area (Å²) in [5.74, 6) is -5.84. The van der Waals surface area contributed by atoms with Crippen LogP contribution in [-0.4, -0.2) is 113 Å². The Hall–Kier alpha value is -3.82. The number of carbonyl (C=O) groups is 4. The van der Waals surface area contributed by atoms with Gasteiger partial charge in [0.15, 0.2) is 5.66 Å². The Bertz CT molecular complexity index is 1500. The SMILES string of the molecule is CCCC1CN(C(Cc2ccc(Cl)cc2)C(=O)NCCF)CCN1C(=O)C(Cc1ccc(F)cc1)(NC(=O)C(F)(F)F)N1CCCC1C(=O)O. The Morgan fingerprint density at radius 3 is 2.26 bits per heavy atom. The standard InChI is InChI=1S/C34H41ClF5N5O5/c1-2-4-26-21-43(28(29(46)41-15-14-36)19-22-6-10-24(35)11-7-22)17-18-44(26)32(50)33(42-31(49)34(38,39)40,20-23-8-12-25(37)13-9-23)45-16-3-5-27(45)30(47)48/h6-13,26-28H,2-5,14-21H2,1H3,(H,41,46)(H,42,49)(H,47,48). The van der Waals surface area contributed by atoms with Gasteiger partial charge in [0.05, 0.1) is 6.04 Å². The molecule has 2 aliphatic rings. The number of halogens is 6. The number of likely N-dealkylation sites (tertiary alicyclic amines) is 1. The second-order valence-electron chi connectivity index (χ2n) is 12.6. The summed E-state index contributed by atoms with van der Waals surface area (Å²) in [4.78, 5) is 57.7. The molecule has 0 saturated carbocycles. The van der Waals surface area contributed by atoms with Crippen LogP contribution in [-0.2, 0) is 32.0 Å². The summed E-state index contributed by atoms with van der Waals surface area (Å²) in [7, 11) is 0. The van der Waals surface area contributed by atoms with E-state index in [1.807, 2.05) is 17.1 Å². The summed E-state index contributed by atoms with van der Waals surface area (Å²) in [6.07, 6.45) is -4.67. The molecule has 2 aromatic rings. The van der Waals surface area contributed by atoms with Gasteiger partial charge in [0.2, 0.25) is 5.91 Å². The number of amides is 3. The van der Waals surface area contributed by atoms with Crippen LogP contribution in [0.1, 0.15) is 43.7 Å². The Balaban J connectivity index is 1.76. The van der Waals surface area contributed by atoms with Crippen molar-refractivity contribution < 1.29 is 46.2 Å². The first kappa shape index (κ1) is 39.0. The number of carbonyl (C=O) groups excluding carboxylic acids is 3. The highest BCUT2D eigenvalue weighted by Gasteiger charge is 2.57. The van der Waals surface area contributed by atoms with E-state index < -0.39 is 72.6 Å². The Labute approximate surface area is 291 Å². The van der Waals surface area contributed by atoms with E-state index in [4.69, 9.17) is 11.6 Å². The predicted octanol–water partition coefficient (Wildman–Crippen LogP) is 3.96. The van der Waals surface area contributed by atoms with Gasteiger partial charge in [0, 0.05) is 50.2 Å². The van der Waals surface area contributed by atoms with Gasteiger partial charge in [-0.3, -0.25) is 29.0 Å². The highest BCUT2D eigenvalue weighted by Crippen LogP contribution is 2.34. The molecule has 16 heteroatoms. The highest BCUT2D eigenvalue weighted by molar-refractivity contribution is 6.30. The average Bonchev–Trinajstić information content (AvgIpc) is 3.58. The zero-order chi connectivity index (χ0) is 36.6. The smallest absolute Gasteiger partial charge is 0.471 e. The number of nitrogens with zero attached hydrogens (tertiary/aromatic N) is 3. The van der Waals surface area contributed by atoms with Crippen molar-refractivity contribution in [1.29, 1.82) is 0 Å². The van der Waals surface area contributed by atoms with Crippen LogP contribution >= 0.6 is 11.6 Å². The van der Waals surface area contributed by atoms with E-state index in [-0.39, 0.29) is 57.5 Å². The summed E-state index contributed by atoms with van der Waals surface area (Å²) in [6, 6.07) is 8.61. The summed E-state index contributed by atoms with van der Waals surface area (Å²) in [6.45, 7) is 0.831. The molecule has 2 heterocycles. The molecular weight excluding hydrogens is 689 g/mol. The van der Waals surface area contributed by atoms with E-state index in [1.165, 1.54) is 17.0 Å². The van der Waals surface area contributed by atoms with Crippen LogP contribution in [0.15, 0.2) is 48.5 Å². The van der Waals surface area contributed by atoms with Crippen molar-refractivity contribution in [2.24, 2.45) is 0 Å². The zero-order valence-corrected chi connectivity index (χ0v) is 28.3. The van der Waals surface area contributed by atoms with E-state index in [2.05, 4.69) is 5.32 Å². The largest absolute Gasteiger partial charge is 0.480 e. The van der Waals surface area contributed by atoms with E-state index in [0.717, 1.165) is 22.6 Å². The van der Waals surface area contributed by atoms with Gasteiger partial charge in [0.1, 0.15) is 18.5 Å². The number of hydrogen-bond donors (Lipinski definition) is 3. The Kier molecular flexibility index (Phi) is 13.2. The van der Waals surface area contributed by atoms with Crippen molar-refractivity contribution in [2.75, 3.05) is 39.4 Å². The van der Waals surface area contributed by atoms with Crippen molar-refractivity contribution in [1.82, 2.24) is 25.3 Å². The van der Waals surface area contributed by atoms with Crippen LogP contribution < -0.4 is 10.6 Å². The molecule has 4 unspecified atom stereocenters. The normalized spacial score (nSPS) is 20.6. The quantitative estimate of drug-likeness (QED) is 0.252. The first-order valence-corrected chi connectivity index (χ1v) is 16.8. The molecule has 2 saturated heterocycles. The Morgan fingerprint density at radius 2 is 1.66 bits per heavy atom. The van der Waals surface area contributed by atoms with Crippen molar-refractivity contribution in [2.45, 2.75) is 75.4 Å². The zero-order valence-electron chi connectivity index (χ0n) is 27.5. The monoisotopic (exact) mass is 729 g/mol. The average molecular weight is 730 g/mol. The molecule has 0 spiro atoms. The molecule has 2 fully saturated rings. The van der Waals surface area contributed by atoms with Gasteiger partial charge in [0.25, 0.3) is 5.91 Å². The van der Waals surface area contributed by atoms with Gasteiger partial charge in [-0.1, -0.05) is 49.2 Å². The molecule has 2 aliphatic heterocycles. The lowest BCUT2D eigenvalue weighted by atomic mass is 9.92. The molecule has 2 aromatic carbocycles. The summed E-state index contributed by atoms with van der Waals surface area (Å²) in [5, 5.41) is 15.1. The molecule has 4 atom stereocenters. The van der Waals surface area contributed by atoms with Gasteiger partial charge >= 0.3 is 18.1 Å². The molecule has 0 aliphatic carbocycles. The summed E-state index contributed by atoms with van der Waals surface area (Å²) >= 11 is 6.04. The minimum Gasteiger partial charge on any atom is -0.480 e. The van der Waals surface area contributed by atoms with Crippen LogP contribution in [0.5, 0.6) is 0 Å². The molecule has 0 aromatic heterocycles. The molecule has 3 N–H and O–H groups in total. The lowest BCUT2D eigenvalue weighted by Crippen LogP contribution is -2.75. The van der Waals surface area contributed by atoms with Crippen molar-refractivity contribution in [3.63, 3.8) is 0 Å². The third-order valence-electron chi connectivity index (χ3n) is 9.21. The molecular formula is C34H41ClF5N5O5. The molecule has 0 radical (unpaired) electrons. The van der Waals surface area contributed by atoms with Crippen LogP contribution in [0.3, 0.4) is 0 Å². The fraction of sp³-hybridized carbons (Fsp3) is 0.529. The first-order chi connectivity index (χ1) is 23.7. The summed E-state index contributed by atoms with van der Waals surface area (Å²) in [5.41, 5.74) is -1.56. The van der Waals surface area contributed by atoms with Crippen LogP contribution in [0.2, 0.25) is 5.02 Å². The van der Waals surface area contributed by atoms with Crippen LogP contribution in [0.4, 0.5) is 22.0 Å². The van der Waals surface area contributed by atoms with Gasteiger partial charge < -0.3 is 20.6 Å². The van der Waals surface area contributed by atoms with Gasteiger partial charge in [-0.05, 0) is 61.1 Å². The van der Waals surface area contributed by atoms with Gasteiger partial charge in [-0.15, -0.1) is 0 Å². The number of piperazine rings is 1. The van der Waals surface area contributed by atoms with Crippen molar-refractivity contribution in [3.8, 4) is 0 Å². The van der Waals surface area contributed by atoms with Crippen molar-refractivity contribution >= 4 is 35.3 Å². The van der Waals surface area contributed by atoms with E-state index >= 15 is 0 Å². The summed E-state index contributed by atoms with van der Waals surface area (Å²) < 4.78 is 68.7.